The number of rotatable bonds is 4. The summed E-state index contributed by atoms with van der Waals surface area (Å²) in [7, 11) is 0. The number of carbonyl (C=O) groups is 1. The van der Waals surface area contributed by atoms with E-state index in [1.165, 1.54) is 25.7 Å². The number of esters is 1. The summed E-state index contributed by atoms with van der Waals surface area (Å²) < 4.78 is 5.40. The first-order valence-electron chi connectivity index (χ1n) is 7.86. The molecule has 3 atom stereocenters. The van der Waals surface area contributed by atoms with E-state index in [2.05, 4.69) is 12.2 Å². The van der Waals surface area contributed by atoms with Crippen LogP contribution in [0.4, 0.5) is 5.69 Å². The number of fused-ring (bicyclic) bond motifs is 1. The zero-order chi connectivity index (χ0) is 14.9. The maximum Gasteiger partial charge on any atom is 0.338 e. The van der Waals surface area contributed by atoms with Crippen LogP contribution >= 0.6 is 0 Å². The molecule has 1 aliphatic heterocycles. The zero-order valence-corrected chi connectivity index (χ0v) is 12.6. The summed E-state index contributed by atoms with van der Waals surface area (Å²) in [6.07, 6.45) is 6.08. The topological polar surface area (TPSA) is 64.3 Å². The summed E-state index contributed by atoms with van der Waals surface area (Å²) in [4.78, 5) is 11.9. The van der Waals surface area contributed by atoms with Crippen molar-refractivity contribution in [3.63, 3.8) is 0 Å². The molecule has 0 radical (unpaired) electrons. The Morgan fingerprint density at radius 1 is 1.38 bits per heavy atom. The number of benzene rings is 1. The summed E-state index contributed by atoms with van der Waals surface area (Å²) >= 11 is 0. The molecule has 114 valence electrons. The van der Waals surface area contributed by atoms with Crippen LogP contribution in [-0.4, -0.2) is 24.2 Å². The Balaban J connectivity index is 1.47. The predicted octanol–water partition coefficient (Wildman–Crippen LogP) is 2.74. The monoisotopic (exact) mass is 288 g/mol. The van der Waals surface area contributed by atoms with E-state index in [0.29, 0.717) is 23.9 Å². The fourth-order valence-corrected chi connectivity index (χ4v) is 3.80. The van der Waals surface area contributed by atoms with Gasteiger partial charge in [0.05, 0.1) is 12.2 Å². The molecule has 1 aliphatic carbocycles. The average Bonchev–Trinajstić information content (AvgIpc) is 2.97. The van der Waals surface area contributed by atoms with E-state index in [-0.39, 0.29) is 11.5 Å². The Labute approximate surface area is 126 Å². The van der Waals surface area contributed by atoms with Gasteiger partial charge in [0.15, 0.2) is 0 Å². The van der Waals surface area contributed by atoms with Gasteiger partial charge < -0.3 is 15.8 Å². The standard InChI is InChI=1S/C17H24N2O2/c1-17(11-13-3-2-4-15(13)19-17)9-10-21-16(20)12-5-7-14(18)8-6-12/h5-8,13,15,19H,2-4,9-11,18H2,1H3. The fraction of sp³-hybridized carbons (Fsp3) is 0.588. The molecular weight excluding hydrogens is 264 g/mol. The maximum absolute atomic E-state index is 11.9. The minimum Gasteiger partial charge on any atom is -0.462 e. The number of hydrogen-bond donors (Lipinski definition) is 2. The Morgan fingerprint density at radius 3 is 2.86 bits per heavy atom. The van der Waals surface area contributed by atoms with E-state index in [4.69, 9.17) is 10.5 Å². The number of nitrogen functional groups attached to an aromatic ring is 1. The minimum absolute atomic E-state index is 0.122. The molecule has 0 amide bonds. The lowest BCUT2D eigenvalue weighted by molar-refractivity contribution is 0.0471. The second-order valence-corrected chi connectivity index (χ2v) is 6.71. The Hall–Kier alpha value is -1.55. The van der Waals surface area contributed by atoms with Gasteiger partial charge in [0, 0.05) is 17.3 Å². The van der Waals surface area contributed by atoms with Crippen molar-refractivity contribution in [2.75, 3.05) is 12.3 Å². The number of nitrogens with one attached hydrogen (secondary N) is 1. The van der Waals surface area contributed by atoms with E-state index in [9.17, 15) is 4.79 Å². The highest BCUT2D eigenvalue weighted by molar-refractivity contribution is 5.89. The van der Waals surface area contributed by atoms with E-state index < -0.39 is 0 Å². The van der Waals surface area contributed by atoms with Gasteiger partial charge in [0.25, 0.3) is 0 Å². The third-order valence-corrected chi connectivity index (χ3v) is 4.94. The summed E-state index contributed by atoms with van der Waals surface area (Å²) in [5, 5.41) is 3.74. The van der Waals surface area contributed by atoms with Crippen molar-refractivity contribution >= 4 is 11.7 Å². The first-order valence-corrected chi connectivity index (χ1v) is 7.86. The fourth-order valence-electron chi connectivity index (χ4n) is 3.80. The molecule has 0 aromatic heterocycles. The molecule has 0 bridgehead atoms. The van der Waals surface area contributed by atoms with Crippen molar-refractivity contribution < 1.29 is 9.53 Å². The Kier molecular flexibility index (Phi) is 3.89. The molecule has 2 fully saturated rings. The number of hydrogen-bond acceptors (Lipinski definition) is 4. The summed E-state index contributed by atoms with van der Waals surface area (Å²) in [6.45, 7) is 2.72. The van der Waals surface area contributed by atoms with Crippen LogP contribution in [0.15, 0.2) is 24.3 Å². The zero-order valence-electron chi connectivity index (χ0n) is 12.6. The van der Waals surface area contributed by atoms with Crippen molar-refractivity contribution in [1.82, 2.24) is 5.32 Å². The quantitative estimate of drug-likeness (QED) is 0.660. The van der Waals surface area contributed by atoms with Gasteiger partial charge in [-0.25, -0.2) is 4.79 Å². The van der Waals surface area contributed by atoms with Crippen LogP contribution in [0.25, 0.3) is 0 Å². The second kappa shape index (κ2) is 5.68. The van der Waals surface area contributed by atoms with Crippen molar-refractivity contribution in [1.29, 1.82) is 0 Å². The molecule has 4 heteroatoms. The third kappa shape index (κ3) is 3.21. The lowest BCUT2D eigenvalue weighted by Gasteiger charge is -2.26. The van der Waals surface area contributed by atoms with Crippen LogP contribution in [0.3, 0.4) is 0 Å². The molecule has 3 rings (SSSR count). The van der Waals surface area contributed by atoms with Crippen LogP contribution in [0.2, 0.25) is 0 Å². The van der Waals surface area contributed by atoms with Crippen molar-refractivity contribution in [3.8, 4) is 0 Å². The summed E-state index contributed by atoms with van der Waals surface area (Å²) in [5.41, 5.74) is 6.95. The molecule has 3 N–H and O–H groups in total. The largest absolute Gasteiger partial charge is 0.462 e. The third-order valence-electron chi connectivity index (χ3n) is 4.94. The van der Waals surface area contributed by atoms with Gasteiger partial charge in [-0.05, 0) is 62.8 Å². The molecular formula is C17H24N2O2. The van der Waals surface area contributed by atoms with Gasteiger partial charge in [-0.1, -0.05) is 6.42 Å². The lowest BCUT2D eigenvalue weighted by Crippen LogP contribution is -2.41. The van der Waals surface area contributed by atoms with Gasteiger partial charge in [-0.15, -0.1) is 0 Å². The SMILES string of the molecule is CC1(CCOC(=O)c2ccc(N)cc2)CC2CCCC2N1. The van der Waals surface area contributed by atoms with Crippen LogP contribution in [0.1, 0.15) is 49.4 Å². The van der Waals surface area contributed by atoms with Gasteiger partial charge >= 0.3 is 5.97 Å². The highest BCUT2D eigenvalue weighted by Gasteiger charge is 2.43. The Bertz CT molecular complexity index is 500. The minimum atomic E-state index is -0.267. The molecule has 1 heterocycles. The number of anilines is 1. The van der Waals surface area contributed by atoms with E-state index >= 15 is 0 Å². The molecule has 2 aliphatic rings. The van der Waals surface area contributed by atoms with Crippen LogP contribution in [0, 0.1) is 5.92 Å². The maximum atomic E-state index is 11.9. The first-order chi connectivity index (χ1) is 10.1. The summed E-state index contributed by atoms with van der Waals surface area (Å²) in [5.74, 6) is 0.555. The van der Waals surface area contributed by atoms with E-state index in [1.807, 2.05) is 0 Å². The normalized spacial score (nSPS) is 31.1. The van der Waals surface area contributed by atoms with Crippen LogP contribution < -0.4 is 11.1 Å². The van der Waals surface area contributed by atoms with Crippen LogP contribution in [-0.2, 0) is 4.74 Å². The lowest BCUT2D eigenvalue weighted by atomic mass is 9.91. The molecule has 1 aromatic rings. The average molecular weight is 288 g/mol. The molecule has 0 spiro atoms. The van der Waals surface area contributed by atoms with Crippen LogP contribution in [0.5, 0.6) is 0 Å². The number of nitrogens with two attached hydrogens (primary N) is 1. The predicted molar refractivity (Wildman–Crippen MR) is 83.0 cm³/mol. The first kappa shape index (κ1) is 14.4. The van der Waals surface area contributed by atoms with Crippen molar-refractivity contribution in [2.45, 2.75) is 50.6 Å². The molecule has 1 aromatic carbocycles. The smallest absolute Gasteiger partial charge is 0.338 e. The van der Waals surface area contributed by atoms with E-state index in [0.717, 1.165) is 12.3 Å². The molecule has 1 saturated heterocycles. The second-order valence-electron chi connectivity index (χ2n) is 6.71. The highest BCUT2D eigenvalue weighted by Crippen LogP contribution is 2.40. The van der Waals surface area contributed by atoms with Crippen molar-refractivity contribution in [2.24, 2.45) is 5.92 Å². The number of carbonyl (C=O) groups excluding carboxylic acids is 1. The molecule has 3 unspecified atom stereocenters. The summed E-state index contributed by atoms with van der Waals surface area (Å²) in [6, 6.07) is 7.53. The number of ether oxygens (including phenoxy) is 1. The van der Waals surface area contributed by atoms with Gasteiger partial charge in [-0.3, -0.25) is 0 Å². The van der Waals surface area contributed by atoms with E-state index in [1.54, 1.807) is 24.3 Å². The molecule has 21 heavy (non-hydrogen) atoms. The molecule has 4 nitrogen and oxygen atoms in total. The van der Waals surface area contributed by atoms with Gasteiger partial charge in [-0.2, -0.15) is 0 Å². The molecule has 1 saturated carbocycles. The van der Waals surface area contributed by atoms with Crippen molar-refractivity contribution in [3.05, 3.63) is 29.8 Å². The highest BCUT2D eigenvalue weighted by atomic mass is 16.5. The van der Waals surface area contributed by atoms with Gasteiger partial charge in [0.1, 0.15) is 0 Å². The Morgan fingerprint density at radius 2 is 2.14 bits per heavy atom. The van der Waals surface area contributed by atoms with Gasteiger partial charge in [0.2, 0.25) is 0 Å².